The molecule has 1 aliphatic rings. The summed E-state index contributed by atoms with van der Waals surface area (Å²) in [5, 5.41) is 0. The highest BCUT2D eigenvalue weighted by molar-refractivity contribution is 5.87. The number of rotatable bonds is 6. The molecule has 1 aliphatic heterocycles. The van der Waals surface area contributed by atoms with Crippen LogP contribution in [-0.2, 0) is 0 Å². The van der Waals surface area contributed by atoms with Crippen LogP contribution in [0.25, 0.3) is 44.8 Å². The smallest absolute Gasteiger partial charge is 0.138 e. The van der Waals surface area contributed by atoms with Crippen molar-refractivity contribution in [3.63, 3.8) is 0 Å². The van der Waals surface area contributed by atoms with E-state index in [1.54, 1.807) is 0 Å². The van der Waals surface area contributed by atoms with Gasteiger partial charge in [0.25, 0.3) is 0 Å². The Labute approximate surface area is 212 Å². The van der Waals surface area contributed by atoms with Gasteiger partial charge < -0.3 is 19.8 Å². The second kappa shape index (κ2) is 9.43. The fraction of sp³-hybridized carbons (Fsp3) is 0.333. The number of benzene rings is 3. The van der Waals surface area contributed by atoms with Crippen LogP contribution in [0.2, 0.25) is 0 Å². The van der Waals surface area contributed by atoms with Gasteiger partial charge in [0.05, 0.1) is 22.1 Å². The second-order valence-corrected chi connectivity index (χ2v) is 10.0. The molecule has 5 aromatic rings. The zero-order valence-electron chi connectivity index (χ0n) is 21.4. The summed E-state index contributed by atoms with van der Waals surface area (Å²) in [6.45, 7) is 8.83. The van der Waals surface area contributed by atoms with E-state index in [4.69, 9.17) is 9.97 Å². The Hall–Kier alpha value is -3.64. The Kier molecular flexibility index (Phi) is 5.97. The van der Waals surface area contributed by atoms with Crippen molar-refractivity contribution in [1.82, 2.24) is 24.8 Å². The molecule has 0 bridgehead atoms. The highest BCUT2D eigenvalue weighted by Crippen LogP contribution is 2.29. The number of imidazole rings is 2. The molecule has 0 saturated carbocycles. The number of aromatic amines is 2. The molecule has 1 saturated heterocycles. The normalized spacial score (nSPS) is 14.9. The minimum atomic E-state index is 0.624. The van der Waals surface area contributed by atoms with Crippen molar-refractivity contribution in [2.24, 2.45) is 0 Å². The summed E-state index contributed by atoms with van der Waals surface area (Å²) in [5.74, 6) is 2.41. The number of aromatic nitrogens is 4. The largest absolute Gasteiger partial charge is 0.369 e. The predicted octanol–water partition coefficient (Wildman–Crippen LogP) is 6.43. The molecule has 0 amide bonds. The summed E-state index contributed by atoms with van der Waals surface area (Å²) >= 11 is 0. The van der Waals surface area contributed by atoms with Gasteiger partial charge in [0.2, 0.25) is 0 Å². The highest BCUT2D eigenvalue weighted by atomic mass is 15.2. The van der Waals surface area contributed by atoms with Gasteiger partial charge in [-0.25, -0.2) is 9.97 Å². The second-order valence-electron chi connectivity index (χ2n) is 10.0. The fourth-order valence-electron chi connectivity index (χ4n) is 5.36. The third kappa shape index (κ3) is 4.26. The predicted molar refractivity (Wildman–Crippen MR) is 150 cm³/mol. The van der Waals surface area contributed by atoms with Gasteiger partial charge >= 0.3 is 0 Å². The average Bonchev–Trinajstić information content (AvgIpc) is 3.54. The van der Waals surface area contributed by atoms with Gasteiger partial charge in [-0.2, -0.15) is 0 Å². The first-order valence-corrected chi connectivity index (χ1v) is 13.1. The molecule has 6 heteroatoms. The Morgan fingerprint density at radius 3 is 1.97 bits per heavy atom. The molecule has 0 aliphatic carbocycles. The Bertz CT molecular complexity index is 1480. The molecular weight excluding hydrogens is 444 g/mol. The maximum absolute atomic E-state index is 4.88. The first-order valence-electron chi connectivity index (χ1n) is 13.1. The summed E-state index contributed by atoms with van der Waals surface area (Å²) in [6, 6.07) is 21.7. The van der Waals surface area contributed by atoms with Gasteiger partial charge in [-0.3, -0.25) is 0 Å². The minimum absolute atomic E-state index is 0.624. The van der Waals surface area contributed by atoms with Crippen LogP contribution < -0.4 is 4.90 Å². The Morgan fingerprint density at radius 1 is 0.722 bits per heavy atom. The van der Waals surface area contributed by atoms with Crippen LogP contribution in [0.5, 0.6) is 0 Å². The topological polar surface area (TPSA) is 63.8 Å². The van der Waals surface area contributed by atoms with Gasteiger partial charge in [0, 0.05) is 43.0 Å². The van der Waals surface area contributed by atoms with Crippen molar-refractivity contribution in [2.45, 2.75) is 32.6 Å². The molecule has 2 aromatic heterocycles. The van der Waals surface area contributed by atoms with Gasteiger partial charge in [-0.15, -0.1) is 0 Å². The molecule has 0 spiro atoms. The van der Waals surface area contributed by atoms with Crippen molar-refractivity contribution in [3.8, 4) is 22.8 Å². The molecule has 3 aromatic carbocycles. The minimum Gasteiger partial charge on any atom is -0.369 e. The van der Waals surface area contributed by atoms with Crippen LogP contribution in [0.3, 0.4) is 0 Å². The van der Waals surface area contributed by atoms with Crippen molar-refractivity contribution in [1.29, 1.82) is 0 Å². The van der Waals surface area contributed by atoms with Crippen LogP contribution in [0, 0.1) is 0 Å². The standard InChI is InChI=1S/C30H34N6/c1-4-20(5-2)21-6-8-22(9-7-21)29-31-25-12-10-23(18-27(25)33-29)30-32-26-13-11-24(19-28(26)34-30)36-16-14-35(3)15-17-36/h6-13,18-20H,4-5,14-17H2,1-3H3,(H,31,33)(H,32,34). The van der Waals surface area contributed by atoms with Gasteiger partial charge in [-0.05, 0) is 67.8 Å². The summed E-state index contributed by atoms with van der Waals surface area (Å²) in [5.41, 5.74) is 8.88. The van der Waals surface area contributed by atoms with E-state index in [1.807, 2.05) is 0 Å². The lowest BCUT2D eigenvalue weighted by Crippen LogP contribution is -2.44. The summed E-state index contributed by atoms with van der Waals surface area (Å²) in [7, 11) is 2.19. The van der Waals surface area contributed by atoms with Crippen LogP contribution in [0.1, 0.15) is 38.2 Å². The van der Waals surface area contributed by atoms with Crippen molar-refractivity contribution >= 4 is 27.8 Å². The maximum Gasteiger partial charge on any atom is 0.138 e. The lowest BCUT2D eigenvalue weighted by molar-refractivity contribution is 0.313. The SMILES string of the molecule is CCC(CC)c1ccc(-c2nc3ccc(-c4nc5ccc(N6CCN(C)CC6)cc5[nH]4)cc3[nH]2)cc1. The van der Waals surface area contributed by atoms with Crippen LogP contribution in [0.15, 0.2) is 60.7 Å². The molecule has 1 fully saturated rings. The first kappa shape index (κ1) is 22.8. The maximum atomic E-state index is 4.88. The number of piperazine rings is 1. The number of hydrogen-bond donors (Lipinski definition) is 2. The molecule has 2 N–H and O–H groups in total. The lowest BCUT2D eigenvalue weighted by atomic mass is 9.93. The molecule has 0 radical (unpaired) electrons. The van der Waals surface area contributed by atoms with E-state index in [0.717, 1.165) is 71.0 Å². The van der Waals surface area contributed by atoms with Crippen molar-refractivity contribution < 1.29 is 0 Å². The molecule has 6 rings (SSSR count). The number of fused-ring (bicyclic) bond motifs is 2. The fourth-order valence-corrected chi connectivity index (χ4v) is 5.36. The van der Waals surface area contributed by atoms with Crippen LogP contribution in [-0.4, -0.2) is 58.1 Å². The number of nitrogens with one attached hydrogen (secondary N) is 2. The molecule has 0 unspecified atom stereocenters. The Morgan fingerprint density at radius 2 is 1.31 bits per heavy atom. The third-order valence-corrected chi connectivity index (χ3v) is 7.73. The summed E-state index contributed by atoms with van der Waals surface area (Å²) < 4.78 is 0. The number of hydrogen-bond acceptors (Lipinski definition) is 4. The van der Waals surface area contributed by atoms with E-state index in [-0.39, 0.29) is 0 Å². The molecule has 36 heavy (non-hydrogen) atoms. The Balaban J connectivity index is 1.27. The van der Waals surface area contributed by atoms with E-state index in [2.05, 4.69) is 101 Å². The monoisotopic (exact) mass is 478 g/mol. The quantitative estimate of drug-likeness (QED) is 0.295. The molecular formula is C30H34N6. The molecule has 3 heterocycles. The van der Waals surface area contributed by atoms with Crippen molar-refractivity contribution in [2.75, 3.05) is 38.1 Å². The number of anilines is 1. The van der Waals surface area contributed by atoms with E-state index >= 15 is 0 Å². The number of likely N-dealkylation sites (N-methyl/N-ethyl adjacent to an activating group) is 1. The van der Waals surface area contributed by atoms with Crippen LogP contribution >= 0.6 is 0 Å². The van der Waals surface area contributed by atoms with E-state index < -0.39 is 0 Å². The molecule has 0 atom stereocenters. The first-order chi connectivity index (χ1) is 17.6. The summed E-state index contributed by atoms with van der Waals surface area (Å²) in [6.07, 6.45) is 2.34. The van der Waals surface area contributed by atoms with E-state index in [1.165, 1.54) is 24.1 Å². The van der Waals surface area contributed by atoms with Gasteiger partial charge in [0.15, 0.2) is 0 Å². The lowest BCUT2D eigenvalue weighted by Gasteiger charge is -2.34. The summed E-state index contributed by atoms with van der Waals surface area (Å²) in [4.78, 5) is 21.6. The number of nitrogens with zero attached hydrogens (tertiary/aromatic N) is 4. The molecule has 6 nitrogen and oxygen atoms in total. The van der Waals surface area contributed by atoms with Crippen molar-refractivity contribution in [3.05, 3.63) is 66.2 Å². The zero-order valence-corrected chi connectivity index (χ0v) is 21.4. The van der Waals surface area contributed by atoms with E-state index in [9.17, 15) is 0 Å². The number of H-pyrrole nitrogens is 2. The average molecular weight is 479 g/mol. The zero-order chi connectivity index (χ0) is 24.6. The third-order valence-electron chi connectivity index (χ3n) is 7.73. The highest BCUT2D eigenvalue weighted by Gasteiger charge is 2.16. The van der Waals surface area contributed by atoms with E-state index in [0.29, 0.717) is 5.92 Å². The van der Waals surface area contributed by atoms with Gasteiger partial charge in [0.1, 0.15) is 11.6 Å². The van der Waals surface area contributed by atoms with Crippen LogP contribution in [0.4, 0.5) is 5.69 Å². The van der Waals surface area contributed by atoms with Gasteiger partial charge in [-0.1, -0.05) is 38.1 Å². The molecule has 184 valence electrons.